The molecular formula is C14H27NO2. The molecule has 0 radical (unpaired) electrons. The van der Waals surface area contributed by atoms with E-state index in [4.69, 9.17) is 9.84 Å². The SMILES string of the molecule is COCC(CCO)NCC1CC(C)=CC(C)C1. The van der Waals surface area contributed by atoms with Gasteiger partial charge >= 0.3 is 0 Å². The molecule has 0 aromatic heterocycles. The van der Waals surface area contributed by atoms with Crippen LogP contribution in [0.1, 0.15) is 33.1 Å². The molecule has 0 amide bonds. The van der Waals surface area contributed by atoms with Crippen LogP contribution in [0.5, 0.6) is 0 Å². The van der Waals surface area contributed by atoms with Gasteiger partial charge in [-0.25, -0.2) is 0 Å². The van der Waals surface area contributed by atoms with Gasteiger partial charge in [0.2, 0.25) is 0 Å². The molecule has 0 saturated heterocycles. The van der Waals surface area contributed by atoms with Gasteiger partial charge in [0, 0.05) is 19.8 Å². The van der Waals surface area contributed by atoms with Crippen LogP contribution >= 0.6 is 0 Å². The summed E-state index contributed by atoms with van der Waals surface area (Å²) >= 11 is 0. The quantitative estimate of drug-likeness (QED) is 0.670. The number of nitrogens with one attached hydrogen (secondary N) is 1. The third-order valence-corrected chi connectivity index (χ3v) is 3.43. The van der Waals surface area contributed by atoms with E-state index >= 15 is 0 Å². The fourth-order valence-corrected chi connectivity index (χ4v) is 2.78. The first-order chi connectivity index (χ1) is 8.15. The van der Waals surface area contributed by atoms with Gasteiger partial charge in [0.25, 0.3) is 0 Å². The van der Waals surface area contributed by atoms with Crippen LogP contribution in [0.2, 0.25) is 0 Å². The molecule has 3 nitrogen and oxygen atoms in total. The fraction of sp³-hybridized carbons (Fsp3) is 0.857. The van der Waals surface area contributed by atoms with Crippen LogP contribution in [-0.2, 0) is 4.74 Å². The summed E-state index contributed by atoms with van der Waals surface area (Å²) in [4.78, 5) is 0. The van der Waals surface area contributed by atoms with E-state index in [1.165, 1.54) is 18.4 Å². The summed E-state index contributed by atoms with van der Waals surface area (Å²) in [5.41, 5.74) is 1.51. The van der Waals surface area contributed by atoms with Crippen LogP contribution in [0.25, 0.3) is 0 Å². The highest BCUT2D eigenvalue weighted by molar-refractivity contribution is 5.06. The number of rotatable bonds is 7. The predicted molar refractivity (Wildman–Crippen MR) is 71.0 cm³/mol. The van der Waals surface area contributed by atoms with Crippen LogP contribution in [-0.4, -0.2) is 38.0 Å². The van der Waals surface area contributed by atoms with E-state index in [0.29, 0.717) is 12.5 Å². The Bertz CT molecular complexity index is 234. The molecule has 0 bridgehead atoms. The maximum atomic E-state index is 8.98. The minimum absolute atomic E-state index is 0.223. The molecule has 3 atom stereocenters. The van der Waals surface area contributed by atoms with Crippen molar-refractivity contribution in [3.05, 3.63) is 11.6 Å². The van der Waals surface area contributed by atoms with Gasteiger partial charge in [-0.2, -0.15) is 0 Å². The summed E-state index contributed by atoms with van der Waals surface area (Å²) in [6.07, 6.45) is 5.63. The Morgan fingerprint density at radius 2 is 2.35 bits per heavy atom. The third kappa shape index (κ3) is 5.66. The number of hydrogen-bond acceptors (Lipinski definition) is 3. The first-order valence-electron chi connectivity index (χ1n) is 6.66. The van der Waals surface area contributed by atoms with Crippen molar-refractivity contribution in [3.8, 4) is 0 Å². The Kier molecular flexibility index (Phi) is 6.78. The minimum Gasteiger partial charge on any atom is -0.396 e. The molecule has 0 aliphatic heterocycles. The maximum absolute atomic E-state index is 8.98. The fourth-order valence-electron chi connectivity index (χ4n) is 2.78. The minimum atomic E-state index is 0.223. The number of ether oxygens (including phenoxy) is 1. The highest BCUT2D eigenvalue weighted by Crippen LogP contribution is 2.27. The molecule has 3 heteroatoms. The van der Waals surface area contributed by atoms with Crippen molar-refractivity contribution >= 4 is 0 Å². The summed E-state index contributed by atoms with van der Waals surface area (Å²) in [7, 11) is 1.71. The van der Waals surface area contributed by atoms with Crippen molar-refractivity contribution in [1.29, 1.82) is 0 Å². The Hall–Kier alpha value is -0.380. The highest BCUT2D eigenvalue weighted by Gasteiger charge is 2.19. The van der Waals surface area contributed by atoms with Gasteiger partial charge in [-0.15, -0.1) is 0 Å². The zero-order chi connectivity index (χ0) is 12.7. The van der Waals surface area contributed by atoms with Crippen LogP contribution in [0.15, 0.2) is 11.6 Å². The molecule has 0 saturated carbocycles. The number of methoxy groups -OCH3 is 1. The van der Waals surface area contributed by atoms with Crippen LogP contribution in [0, 0.1) is 11.8 Å². The molecule has 3 unspecified atom stereocenters. The van der Waals surface area contributed by atoms with Gasteiger partial charge in [-0.1, -0.05) is 18.6 Å². The normalized spacial score (nSPS) is 26.7. The molecule has 17 heavy (non-hydrogen) atoms. The molecule has 1 aliphatic rings. The average molecular weight is 241 g/mol. The molecule has 0 heterocycles. The Morgan fingerprint density at radius 3 is 2.94 bits per heavy atom. The van der Waals surface area contributed by atoms with Crippen LogP contribution < -0.4 is 5.32 Å². The standard InChI is InChI=1S/C14H27NO2/c1-11-6-12(2)8-13(7-11)9-15-14(4-5-16)10-17-3/h6,11,13-16H,4-5,7-10H2,1-3H3. The molecule has 1 aliphatic carbocycles. The van der Waals surface area contributed by atoms with Gasteiger partial charge in [-0.05, 0) is 44.6 Å². The van der Waals surface area contributed by atoms with Crippen LogP contribution in [0.4, 0.5) is 0 Å². The average Bonchev–Trinajstić information content (AvgIpc) is 2.25. The zero-order valence-corrected chi connectivity index (χ0v) is 11.4. The van der Waals surface area contributed by atoms with Gasteiger partial charge in [-0.3, -0.25) is 0 Å². The smallest absolute Gasteiger partial charge is 0.0616 e. The Balaban J connectivity index is 2.31. The second-order valence-electron chi connectivity index (χ2n) is 5.37. The molecule has 1 rings (SSSR count). The van der Waals surface area contributed by atoms with Crippen molar-refractivity contribution in [3.63, 3.8) is 0 Å². The molecule has 0 fully saturated rings. The topological polar surface area (TPSA) is 41.5 Å². The second-order valence-corrected chi connectivity index (χ2v) is 5.37. The van der Waals surface area contributed by atoms with Crippen molar-refractivity contribution in [2.75, 3.05) is 26.9 Å². The lowest BCUT2D eigenvalue weighted by Crippen LogP contribution is -2.38. The van der Waals surface area contributed by atoms with Gasteiger partial charge in [0.15, 0.2) is 0 Å². The number of aliphatic hydroxyl groups excluding tert-OH is 1. The third-order valence-electron chi connectivity index (χ3n) is 3.43. The van der Waals surface area contributed by atoms with Crippen molar-refractivity contribution in [2.45, 2.75) is 39.2 Å². The molecule has 100 valence electrons. The molecule has 2 N–H and O–H groups in total. The van der Waals surface area contributed by atoms with E-state index in [1.807, 2.05) is 0 Å². The Morgan fingerprint density at radius 1 is 1.59 bits per heavy atom. The summed E-state index contributed by atoms with van der Waals surface area (Å²) in [6.45, 7) is 6.45. The lowest BCUT2D eigenvalue weighted by Gasteiger charge is -2.27. The second kappa shape index (κ2) is 7.85. The number of hydrogen-bond donors (Lipinski definition) is 2. The van der Waals surface area contributed by atoms with Crippen molar-refractivity contribution < 1.29 is 9.84 Å². The van der Waals surface area contributed by atoms with Crippen molar-refractivity contribution in [1.82, 2.24) is 5.32 Å². The number of allylic oxidation sites excluding steroid dienone is 2. The van der Waals surface area contributed by atoms with Gasteiger partial charge in [0.05, 0.1) is 6.61 Å². The summed E-state index contributed by atoms with van der Waals surface area (Å²) in [6, 6.07) is 0.284. The maximum Gasteiger partial charge on any atom is 0.0616 e. The Labute approximate surface area is 105 Å². The van der Waals surface area contributed by atoms with E-state index in [-0.39, 0.29) is 12.6 Å². The zero-order valence-electron chi connectivity index (χ0n) is 11.4. The first kappa shape index (κ1) is 14.7. The lowest BCUT2D eigenvalue weighted by atomic mass is 9.83. The number of aliphatic hydroxyl groups is 1. The van der Waals surface area contributed by atoms with E-state index in [1.54, 1.807) is 7.11 Å². The summed E-state index contributed by atoms with van der Waals surface area (Å²) < 4.78 is 5.15. The van der Waals surface area contributed by atoms with Gasteiger partial charge in [0.1, 0.15) is 0 Å². The van der Waals surface area contributed by atoms with Crippen LogP contribution in [0.3, 0.4) is 0 Å². The largest absolute Gasteiger partial charge is 0.396 e. The summed E-state index contributed by atoms with van der Waals surface area (Å²) in [5, 5.41) is 12.5. The van der Waals surface area contributed by atoms with E-state index in [9.17, 15) is 0 Å². The molecule has 0 spiro atoms. The van der Waals surface area contributed by atoms with Crippen molar-refractivity contribution in [2.24, 2.45) is 11.8 Å². The first-order valence-corrected chi connectivity index (χ1v) is 6.66. The molecule has 0 aromatic rings. The molecular weight excluding hydrogens is 214 g/mol. The molecule has 0 aromatic carbocycles. The van der Waals surface area contributed by atoms with E-state index in [0.717, 1.165) is 18.9 Å². The summed E-state index contributed by atoms with van der Waals surface area (Å²) in [5.74, 6) is 1.43. The predicted octanol–water partition coefficient (Wildman–Crippen LogP) is 1.97. The highest BCUT2D eigenvalue weighted by atomic mass is 16.5. The monoisotopic (exact) mass is 241 g/mol. The lowest BCUT2D eigenvalue weighted by molar-refractivity contribution is 0.145. The van der Waals surface area contributed by atoms with E-state index in [2.05, 4.69) is 25.2 Å². The van der Waals surface area contributed by atoms with E-state index < -0.39 is 0 Å². The van der Waals surface area contributed by atoms with Gasteiger partial charge < -0.3 is 15.2 Å².